The fourth-order valence-electron chi connectivity index (χ4n) is 2.64. The van der Waals surface area contributed by atoms with Crippen molar-refractivity contribution >= 4 is 17.3 Å². The molecule has 126 valence electrons. The summed E-state index contributed by atoms with van der Waals surface area (Å²) < 4.78 is 20.5. The van der Waals surface area contributed by atoms with Gasteiger partial charge in [-0.2, -0.15) is 5.10 Å². The van der Waals surface area contributed by atoms with Crippen LogP contribution in [0.3, 0.4) is 0 Å². The molecule has 1 aromatic heterocycles. The van der Waals surface area contributed by atoms with Crippen molar-refractivity contribution in [2.24, 2.45) is 7.05 Å². The van der Waals surface area contributed by atoms with Crippen LogP contribution >= 0.6 is 0 Å². The number of nitro benzene ring substituents is 1. The minimum atomic E-state index is -0.903. The van der Waals surface area contributed by atoms with E-state index in [9.17, 15) is 19.3 Å². The number of piperidine rings is 1. The summed E-state index contributed by atoms with van der Waals surface area (Å²) in [5.74, 6) is -1.23. The summed E-state index contributed by atoms with van der Waals surface area (Å²) in [6, 6.07) is 2.93. The zero-order valence-electron chi connectivity index (χ0n) is 12.9. The van der Waals surface area contributed by atoms with Gasteiger partial charge in [0.15, 0.2) is 6.10 Å². The van der Waals surface area contributed by atoms with Crippen LogP contribution in [0, 0.1) is 15.9 Å². The quantitative estimate of drug-likeness (QED) is 0.630. The lowest BCUT2D eigenvalue weighted by Crippen LogP contribution is -2.46. The van der Waals surface area contributed by atoms with Gasteiger partial charge in [-0.25, -0.2) is 4.39 Å². The minimum absolute atomic E-state index is 0.244. The minimum Gasteiger partial charge on any atom is -0.473 e. The molecule has 1 saturated heterocycles. The largest absolute Gasteiger partial charge is 0.473 e. The van der Waals surface area contributed by atoms with E-state index in [4.69, 9.17) is 4.74 Å². The molecule has 0 saturated carbocycles. The molecule has 1 fully saturated rings. The molecule has 9 heteroatoms. The molecule has 3 rings (SSSR count). The fourth-order valence-corrected chi connectivity index (χ4v) is 2.64. The highest BCUT2D eigenvalue weighted by Gasteiger charge is 2.33. The Morgan fingerprint density at radius 2 is 2.25 bits per heavy atom. The summed E-state index contributed by atoms with van der Waals surface area (Å²) in [4.78, 5) is 24.5. The third kappa shape index (κ3) is 3.05. The molecule has 0 bridgehead atoms. The first-order valence-corrected chi connectivity index (χ1v) is 7.36. The van der Waals surface area contributed by atoms with E-state index in [-0.39, 0.29) is 17.3 Å². The molecule has 1 aliphatic heterocycles. The van der Waals surface area contributed by atoms with Crippen LogP contribution in [0.4, 0.5) is 15.8 Å². The molecule has 0 unspecified atom stereocenters. The number of hydrogen-bond donors (Lipinski definition) is 0. The van der Waals surface area contributed by atoms with E-state index in [0.717, 1.165) is 18.2 Å². The standard InChI is InChI=1S/C15H15FN4O4/c1-18-9-11(8-17-18)19-6-2-3-13(15(19)21)24-14-7-10(16)4-5-12(14)20(22)23/h4-5,7-9,13H,2-3,6H2,1H3/t13-/m0/s1. The van der Waals surface area contributed by atoms with Gasteiger partial charge >= 0.3 is 5.69 Å². The molecule has 1 amide bonds. The number of rotatable bonds is 4. The Morgan fingerprint density at radius 3 is 2.92 bits per heavy atom. The number of hydrogen-bond acceptors (Lipinski definition) is 5. The van der Waals surface area contributed by atoms with Crippen molar-refractivity contribution in [1.29, 1.82) is 0 Å². The second-order valence-electron chi connectivity index (χ2n) is 5.48. The van der Waals surface area contributed by atoms with Crippen LogP contribution in [-0.2, 0) is 11.8 Å². The van der Waals surface area contributed by atoms with Crippen molar-refractivity contribution in [2.75, 3.05) is 11.4 Å². The monoisotopic (exact) mass is 334 g/mol. The van der Waals surface area contributed by atoms with Gasteiger partial charge in [-0.3, -0.25) is 19.6 Å². The van der Waals surface area contributed by atoms with Crippen molar-refractivity contribution in [3.05, 3.63) is 46.5 Å². The number of nitrogens with zero attached hydrogens (tertiary/aromatic N) is 4. The number of ether oxygens (including phenoxy) is 1. The van der Waals surface area contributed by atoms with E-state index < -0.39 is 16.8 Å². The van der Waals surface area contributed by atoms with Gasteiger partial charge in [0.05, 0.1) is 16.8 Å². The Bertz CT molecular complexity index is 792. The first kappa shape index (κ1) is 15.9. The molecular weight excluding hydrogens is 319 g/mol. The van der Waals surface area contributed by atoms with E-state index >= 15 is 0 Å². The lowest BCUT2D eigenvalue weighted by molar-refractivity contribution is -0.386. The van der Waals surface area contributed by atoms with Gasteiger partial charge in [0, 0.05) is 31.9 Å². The molecule has 0 radical (unpaired) electrons. The molecule has 8 nitrogen and oxygen atoms in total. The van der Waals surface area contributed by atoms with Gasteiger partial charge in [-0.1, -0.05) is 0 Å². The number of halogens is 1. The Morgan fingerprint density at radius 1 is 1.46 bits per heavy atom. The Kier molecular flexibility index (Phi) is 4.15. The number of aromatic nitrogens is 2. The zero-order chi connectivity index (χ0) is 17.3. The third-order valence-corrected chi connectivity index (χ3v) is 3.78. The van der Waals surface area contributed by atoms with Crippen molar-refractivity contribution < 1.29 is 18.8 Å². The lowest BCUT2D eigenvalue weighted by atomic mass is 10.1. The molecule has 1 aliphatic rings. The van der Waals surface area contributed by atoms with E-state index in [1.807, 2.05) is 0 Å². The molecule has 0 aliphatic carbocycles. The summed E-state index contributed by atoms with van der Waals surface area (Å²) in [6.45, 7) is 0.510. The van der Waals surface area contributed by atoms with Gasteiger partial charge < -0.3 is 9.64 Å². The van der Waals surface area contributed by atoms with Crippen LogP contribution in [0.5, 0.6) is 5.75 Å². The lowest BCUT2D eigenvalue weighted by Gasteiger charge is -2.31. The van der Waals surface area contributed by atoms with Crippen molar-refractivity contribution in [2.45, 2.75) is 18.9 Å². The highest BCUT2D eigenvalue weighted by Crippen LogP contribution is 2.31. The SMILES string of the molecule is Cn1cc(N2CCC[C@H](Oc3cc(F)ccc3[N+](=O)[O-])C2=O)cn1. The van der Waals surface area contributed by atoms with Crippen LogP contribution in [0.1, 0.15) is 12.8 Å². The highest BCUT2D eigenvalue weighted by atomic mass is 19.1. The number of amides is 1. The van der Waals surface area contributed by atoms with Crippen molar-refractivity contribution in [1.82, 2.24) is 9.78 Å². The Labute approximate surface area is 136 Å². The maximum Gasteiger partial charge on any atom is 0.311 e. The van der Waals surface area contributed by atoms with Gasteiger partial charge in [0.25, 0.3) is 5.91 Å². The Balaban J connectivity index is 1.84. The molecule has 0 N–H and O–H groups in total. The topological polar surface area (TPSA) is 90.5 Å². The second kappa shape index (κ2) is 6.26. The van der Waals surface area contributed by atoms with Crippen molar-refractivity contribution in [3.8, 4) is 5.75 Å². The van der Waals surface area contributed by atoms with E-state index in [1.54, 1.807) is 24.1 Å². The maximum atomic E-state index is 13.4. The van der Waals surface area contributed by atoms with Crippen LogP contribution in [0.15, 0.2) is 30.6 Å². The highest BCUT2D eigenvalue weighted by molar-refractivity contribution is 5.97. The average molecular weight is 334 g/mol. The molecule has 1 aromatic carbocycles. The first-order chi connectivity index (χ1) is 11.5. The summed E-state index contributed by atoms with van der Waals surface area (Å²) >= 11 is 0. The van der Waals surface area contributed by atoms with Gasteiger partial charge in [-0.05, 0) is 18.9 Å². The number of anilines is 1. The fraction of sp³-hybridized carbons (Fsp3) is 0.333. The Hall–Kier alpha value is -2.97. The molecular formula is C15H15FN4O4. The normalized spacial score (nSPS) is 17.8. The molecule has 1 atom stereocenters. The van der Waals surface area contributed by atoms with Crippen LogP contribution < -0.4 is 9.64 Å². The summed E-state index contributed by atoms with van der Waals surface area (Å²) in [6.07, 6.45) is 3.42. The predicted molar refractivity (Wildman–Crippen MR) is 82.3 cm³/mol. The van der Waals surface area contributed by atoms with E-state index in [2.05, 4.69) is 5.10 Å². The number of benzene rings is 1. The summed E-state index contributed by atoms with van der Waals surface area (Å²) in [5, 5.41) is 15.1. The summed E-state index contributed by atoms with van der Waals surface area (Å²) in [7, 11) is 1.74. The van der Waals surface area contributed by atoms with Crippen LogP contribution in [0.25, 0.3) is 0 Å². The summed E-state index contributed by atoms with van der Waals surface area (Å²) in [5.41, 5.74) is 0.257. The first-order valence-electron chi connectivity index (χ1n) is 7.36. The van der Waals surface area contributed by atoms with Crippen LogP contribution in [-0.4, -0.2) is 33.3 Å². The van der Waals surface area contributed by atoms with Gasteiger partial charge in [0.2, 0.25) is 5.75 Å². The zero-order valence-corrected chi connectivity index (χ0v) is 12.9. The number of nitro groups is 1. The van der Waals surface area contributed by atoms with Crippen molar-refractivity contribution in [3.63, 3.8) is 0 Å². The van der Waals surface area contributed by atoms with E-state index in [1.165, 1.54) is 4.90 Å². The second-order valence-corrected chi connectivity index (χ2v) is 5.48. The van der Waals surface area contributed by atoms with Gasteiger partial charge in [-0.15, -0.1) is 0 Å². The maximum absolute atomic E-state index is 13.4. The molecule has 2 heterocycles. The van der Waals surface area contributed by atoms with E-state index in [0.29, 0.717) is 25.1 Å². The van der Waals surface area contributed by atoms with Gasteiger partial charge in [0.1, 0.15) is 5.82 Å². The predicted octanol–water partition coefficient (Wildman–Crippen LogP) is 2.04. The molecule has 24 heavy (non-hydrogen) atoms. The average Bonchev–Trinajstić information content (AvgIpc) is 2.95. The molecule has 2 aromatic rings. The smallest absolute Gasteiger partial charge is 0.311 e. The number of carbonyl (C=O) groups is 1. The van der Waals surface area contributed by atoms with Crippen LogP contribution in [0.2, 0.25) is 0 Å². The number of carbonyl (C=O) groups excluding carboxylic acids is 1. The molecule has 0 spiro atoms. The third-order valence-electron chi connectivity index (χ3n) is 3.78. The number of aryl methyl sites for hydroxylation is 1.